The molecule has 0 saturated heterocycles. The third-order valence-electron chi connectivity index (χ3n) is 3.42. The minimum atomic E-state index is -0.690. The number of benzene rings is 1. The topological polar surface area (TPSA) is 52.9 Å². The minimum absolute atomic E-state index is 0.0680. The van der Waals surface area contributed by atoms with Crippen molar-refractivity contribution in [3.05, 3.63) is 29.8 Å². The molecule has 1 unspecified atom stereocenters. The number of rotatable bonds is 5. The molecule has 0 aromatic heterocycles. The van der Waals surface area contributed by atoms with E-state index in [4.69, 9.17) is 0 Å². The van der Waals surface area contributed by atoms with Gasteiger partial charge in [0.1, 0.15) is 5.54 Å². The summed E-state index contributed by atoms with van der Waals surface area (Å²) in [5, 5.41) is 12.1. The zero-order chi connectivity index (χ0) is 13.9. The summed E-state index contributed by atoms with van der Waals surface area (Å²) in [5.74, 6) is 0.611. The van der Waals surface area contributed by atoms with E-state index in [2.05, 4.69) is 11.4 Å². The maximum Gasteiger partial charge on any atom is 0.231 e. The molecule has 1 fully saturated rings. The number of nitriles is 1. The summed E-state index contributed by atoms with van der Waals surface area (Å²) in [5.41, 5.74) is 0.518. The van der Waals surface area contributed by atoms with Gasteiger partial charge in [-0.25, -0.2) is 0 Å². The van der Waals surface area contributed by atoms with E-state index >= 15 is 0 Å². The SMILES string of the molecule is Cc1ccc(SCC(=O)NC(C)(C#N)C2CC2)cc1. The van der Waals surface area contributed by atoms with Crippen molar-refractivity contribution in [2.45, 2.75) is 37.1 Å². The smallest absolute Gasteiger partial charge is 0.231 e. The van der Waals surface area contributed by atoms with E-state index in [1.54, 1.807) is 0 Å². The number of amides is 1. The fourth-order valence-electron chi connectivity index (χ4n) is 1.99. The summed E-state index contributed by atoms with van der Waals surface area (Å²) >= 11 is 1.50. The van der Waals surface area contributed by atoms with E-state index in [0.717, 1.165) is 17.7 Å². The Bertz CT molecular complexity index is 502. The fourth-order valence-corrected chi connectivity index (χ4v) is 2.69. The maximum atomic E-state index is 11.9. The number of nitrogens with zero attached hydrogens (tertiary/aromatic N) is 1. The standard InChI is InChI=1S/C15H18N2OS/c1-11-3-7-13(8-4-11)19-9-14(18)17-15(2,10-16)12-5-6-12/h3-4,7-8,12H,5-6,9H2,1-2H3,(H,17,18). The quantitative estimate of drug-likeness (QED) is 0.840. The van der Waals surface area contributed by atoms with Crippen LogP contribution in [0.25, 0.3) is 0 Å². The molecule has 1 atom stereocenters. The van der Waals surface area contributed by atoms with Crippen LogP contribution in [-0.4, -0.2) is 17.2 Å². The highest BCUT2D eigenvalue weighted by atomic mass is 32.2. The molecule has 1 aliphatic carbocycles. The van der Waals surface area contributed by atoms with Crippen LogP contribution in [0.2, 0.25) is 0 Å². The second-order valence-corrected chi connectivity index (χ2v) is 6.29. The van der Waals surface area contributed by atoms with E-state index in [1.807, 2.05) is 38.1 Å². The molecule has 0 radical (unpaired) electrons. The van der Waals surface area contributed by atoms with Crippen molar-refractivity contribution in [2.24, 2.45) is 5.92 Å². The molecule has 4 heteroatoms. The molecule has 1 aromatic carbocycles. The highest BCUT2D eigenvalue weighted by molar-refractivity contribution is 8.00. The van der Waals surface area contributed by atoms with Gasteiger partial charge in [-0.15, -0.1) is 11.8 Å². The molecule has 1 N–H and O–H groups in total. The average Bonchev–Trinajstić information content (AvgIpc) is 3.22. The van der Waals surface area contributed by atoms with Gasteiger partial charge in [-0.05, 0) is 44.7 Å². The number of hydrogen-bond donors (Lipinski definition) is 1. The number of aryl methyl sites for hydroxylation is 1. The van der Waals surface area contributed by atoms with Gasteiger partial charge in [0.2, 0.25) is 5.91 Å². The molecule has 1 amide bonds. The van der Waals surface area contributed by atoms with E-state index in [1.165, 1.54) is 17.3 Å². The van der Waals surface area contributed by atoms with Crippen LogP contribution < -0.4 is 5.32 Å². The highest BCUT2D eigenvalue weighted by Gasteiger charge is 2.42. The lowest BCUT2D eigenvalue weighted by molar-refractivity contribution is -0.119. The van der Waals surface area contributed by atoms with Crippen LogP contribution in [0.15, 0.2) is 29.2 Å². The van der Waals surface area contributed by atoms with Gasteiger partial charge in [0.25, 0.3) is 0 Å². The monoisotopic (exact) mass is 274 g/mol. The van der Waals surface area contributed by atoms with Gasteiger partial charge < -0.3 is 5.32 Å². The Morgan fingerprint density at radius 1 is 1.47 bits per heavy atom. The molecule has 2 rings (SSSR count). The first-order chi connectivity index (χ1) is 9.03. The number of nitrogens with one attached hydrogen (secondary N) is 1. The summed E-state index contributed by atoms with van der Waals surface area (Å²) in [6.07, 6.45) is 2.07. The fraction of sp³-hybridized carbons (Fsp3) is 0.467. The van der Waals surface area contributed by atoms with E-state index in [0.29, 0.717) is 11.7 Å². The molecule has 0 spiro atoms. The average molecular weight is 274 g/mol. The van der Waals surface area contributed by atoms with Gasteiger partial charge in [-0.1, -0.05) is 17.7 Å². The highest BCUT2D eigenvalue weighted by Crippen LogP contribution is 2.39. The van der Waals surface area contributed by atoms with Crippen molar-refractivity contribution in [1.82, 2.24) is 5.32 Å². The van der Waals surface area contributed by atoms with Crippen molar-refractivity contribution in [3.63, 3.8) is 0 Å². The van der Waals surface area contributed by atoms with Gasteiger partial charge in [-0.2, -0.15) is 5.26 Å². The number of hydrogen-bond acceptors (Lipinski definition) is 3. The minimum Gasteiger partial charge on any atom is -0.337 e. The third kappa shape index (κ3) is 3.74. The predicted molar refractivity (Wildman–Crippen MR) is 76.8 cm³/mol. The molecule has 1 aromatic rings. The summed E-state index contributed by atoms with van der Waals surface area (Å²) < 4.78 is 0. The van der Waals surface area contributed by atoms with E-state index in [9.17, 15) is 10.1 Å². The molecular weight excluding hydrogens is 256 g/mol. The van der Waals surface area contributed by atoms with Crippen molar-refractivity contribution >= 4 is 17.7 Å². The van der Waals surface area contributed by atoms with Crippen LogP contribution in [0, 0.1) is 24.2 Å². The molecule has 1 saturated carbocycles. The van der Waals surface area contributed by atoms with Crippen molar-refractivity contribution in [1.29, 1.82) is 5.26 Å². The Morgan fingerprint density at radius 2 is 2.11 bits per heavy atom. The molecular formula is C15H18N2OS. The van der Waals surface area contributed by atoms with Crippen LogP contribution >= 0.6 is 11.8 Å². The van der Waals surface area contributed by atoms with Gasteiger partial charge in [-0.3, -0.25) is 4.79 Å². The second kappa shape index (κ2) is 5.66. The van der Waals surface area contributed by atoms with Gasteiger partial charge in [0, 0.05) is 4.90 Å². The maximum absolute atomic E-state index is 11.9. The lowest BCUT2D eigenvalue weighted by atomic mass is 9.98. The first-order valence-corrected chi connectivity index (χ1v) is 7.44. The van der Waals surface area contributed by atoms with Gasteiger partial charge in [0.05, 0.1) is 11.8 Å². The van der Waals surface area contributed by atoms with Crippen LogP contribution in [0.3, 0.4) is 0 Å². The molecule has 0 aliphatic heterocycles. The van der Waals surface area contributed by atoms with E-state index < -0.39 is 5.54 Å². The van der Waals surface area contributed by atoms with Crippen LogP contribution in [0.4, 0.5) is 0 Å². The van der Waals surface area contributed by atoms with Crippen molar-refractivity contribution in [2.75, 3.05) is 5.75 Å². The largest absolute Gasteiger partial charge is 0.337 e. The van der Waals surface area contributed by atoms with Crippen LogP contribution in [0.1, 0.15) is 25.3 Å². The first kappa shape index (κ1) is 14.0. The van der Waals surface area contributed by atoms with E-state index in [-0.39, 0.29) is 5.91 Å². The van der Waals surface area contributed by atoms with Crippen molar-refractivity contribution in [3.8, 4) is 6.07 Å². The summed E-state index contributed by atoms with van der Waals surface area (Å²) in [6.45, 7) is 3.86. The molecule has 3 nitrogen and oxygen atoms in total. The number of carbonyl (C=O) groups excluding carboxylic acids is 1. The zero-order valence-corrected chi connectivity index (χ0v) is 12.1. The molecule has 19 heavy (non-hydrogen) atoms. The Balaban J connectivity index is 1.84. The summed E-state index contributed by atoms with van der Waals surface area (Å²) in [7, 11) is 0. The van der Waals surface area contributed by atoms with Crippen molar-refractivity contribution < 1.29 is 4.79 Å². The molecule has 100 valence electrons. The zero-order valence-electron chi connectivity index (χ0n) is 11.3. The lowest BCUT2D eigenvalue weighted by Crippen LogP contribution is -2.47. The van der Waals surface area contributed by atoms with Gasteiger partial charge >= 0.3 is 0 Å². The first-order valence-electron chi connectivity index (χ1n) is 6.45. The second-order valence-electron chi connectivity index (χ2n) is 5.24. The van der Waals surface area contributed by atoms with Gasteiger partial charge in [0.15, 0.2) is 0 Å². The lowest BCUT2D eigenvalue weighted by Gasteiger charge is -2.22. The Kier molecular flexibility index (Phi) is 4.16. The number of thioether (sulfide) groups is 1. The number of carbonyl (C=O) groups is 1. The normalized spacial score (nSPS) is 17.3. The molecule has 0 heterocycles. The summed E-state index contributed by atoms with van der Waals surface area (Å²) in [6, 6.07) is 10.3. The van der Waals surface area contributed by atoms with Crippen LogP contribution in [-0.2, 0) is 4.79 Å². The third-order valence-corrected chi connectivity index (χ3v) is 4.43. The Hall–Kier alpha value is -1.47. The Morgan fingerprint density at radius 3 is 2.63 bits per heavy atom. The predicted octanol–water partition coefficient (Wildman–Crippen LogP) is 2.90. The molecule has 0 bridgehead atoms. The Labute approximate surface area is 118 Å². The summed E-state index contributed by atoms with van der Waals surface area (Å²) in [4.78, 5) is 13.0. The molecule has 1 aliphatic rings. The van der Waals surface area contributed by atoms with Crippen LogP contribution in [0.5, 0.6) is 0 Å².